The number of nitrogens with zero attached hydrogens (tertiary/aromatic N) is 4. The Balaban J connectivity index is 1.64. The number of rotatable bonds is 5. The number of aromatic nitrogens is 2. The summed E-state index contributed by atoms with van der Waals surface area (Å²) in [6.45, 7) is 11.1. The summed E-state index contributed by atoms with van der Waals surface area (Å²) in [5.74, 6) is 2.73. The summed E-state index contributed by atoms with van der Waals surface area (Å²) in [5.41, 5.74) is 1.13. The molecular formula is C20H32N4O2. The fourth-order valence-electron chi connectivity index (χ4n) is 4.00. The summed E-state index contributed by atoms with van der Waals surface area (Å²) < 4.78 is 5.45. The summed E-state index contributed by atoms with van der Waals surface area (Å²) in [4.78, 5) is 26.2. The maximum atomic E-state index is 12.5. The minimum atomic E-state index is 0.144. The maximum Gasteiger partial charge on any atom is 0.225 e. The average Bonchev–Trinajstić information content (AvgIpc) is 2.68. The lowest BCUT2D eigenvalue weighted by atomic mass is 9.92. The fraction of sp³-hybridized carbons (Fsp3) is 0.750. The zero-order valence-electron chi connectivity index (χ0n) is 16.4. The number of aryl methyl sites for hydroxylation is 1. The first-order valence-electron chi connectivity index (χ1n) is 10.1. The van der Waals surface area contributed by atoms with Gasteiger partial charge in [0.1, 0.15) is 11.6 Å². The second-order valence-corrected chi connectivity index (χ2v) is 7.59. The highest BCUT2D eigenvalue weighted by atomic mass is 16.5. The molecule has 0 bridgehead atoms. The van der Waals surface area contributed by atoms with Crippen LogP contribution < -0.4 is 4.90 Å². The number of hydrogen-bond donors (Lipinski definition) is 0. The number of morpholine rings is 1. The molecule has 2 aliphatic rings. The van der Waals surface area contributed by atoms with Gasteiger partial charge in [-0.15, -0.1) is 0 Å². The van der Waals surface area contributed by atoms with Gasteiger partial charge >= 0.3 is 0 Å². The Kier molecular flexibility index (Phi) is 6.46. The summed E-state index contributed by atoms with van der Waals surface area (Å²) in [7, 11) is 0. The van der Waals surface area contributed by atoms with Crippen molar-refractivity contribution in [2.24, 2.45) is 5.92 Å². The molecule has 6 nitrogen and oxygen atoms in total. The number of anilines is 1. The van der Waals surface area contributed by atoms with Gasteiger partial charge in [-0.3, -0.25) is 4.79 Å². The Bertz CT molecular complexity index is 608. The summed E-state index contributed by atoms with van der Waals surface area (Å²) in [6, 6.07) is 2.15. The molecule has 2 aliphatic heterocycles. The van der Waals surface area contributed by atoms with E-state index in [4.69, 9.17) is 9.72 Å². The molecule has 2 saturated heterocycles. The van der Waals surface area contributed by atoms with Crippen LogP contribution in [0.15, 0.2) is 6.07 Å². The van der Waals surface area contributed by atoms with Crippen LogP contribution in [0.1, 0.15) is 57.0 Å². The molecule has 0 saturated carbocycles. The molecule has 2 fully saturated rings. The summed E-state index contributed by atoms with van der Waals surface area (Å²) in [5, 5.41) is 0. The molecule has 1 atom stereocenters. The van der Waals surface area contributed by atoms with E-state index in [2.05, 4.69) is 29.8 Å². The van der Waals surface area contributed by atoms with Gasteiger partial charge in [0, 0.05) is 49.8 Å². The smallest absolute Gasteiger partial charge is 0.225 e. The van der Waals surface area contributed by atoms with Crippen molar-refractivity contribution in [1.82, 2.24) is 14.9 Å². The van der Waals surface area contributed by atoms with Gasteiger partial charge in [0.25, 0.3) is 0 Å². The van der Waals surface area contributed by atoms with Crippen LogP contribution in [0.25, 0.3) is 0 Å². The van der Waals surface area contributed by atoms with Crippen LogP contribution in [0.4, 0.5) is 5.82 Å². The van der Waals surface area contributed by atoms with E-state index < -0.39 is 0 Å². The number of ether oxygens (including phenoxy) is 1. The van der Waals surface area contributed by atoms with Gasteiger partial charge < -0.3 is 14.5 Å². The van der Waals surface area contributed by atoms with Crippen LogP contribution in [0.3, 0.4) is 0 Å². The standard InChI is InChI=1S/C20H32N4O2/c1-4-5-15(2)20(25)24-8-6-17(7-9-24)18-14-19(22-16(3)21-18)23-10-12-26-13-11-23/h14-15,17H,4-13H2,1-3H3/t15-/m0/s1. The van der Waals surface area contributed by atoms with Crippen LogP contribution in [-0.4, -0.2) is 60.2 Å². The number of carbonyl (C=O) groups is 1. The van der Waals surface area contributed by atoms with Crippen molar-refractivity contribution >= 4 is 11.7 Å². The van der Waals surface area contributed by atoms with Crippen molar-refractivity contribution in [3.63, 3.8) is 0 Å². The Labute approximate surface area is 156 Å². The highest BCUT2D eigenvalue weighted by molar-refractivity contribution is 5.78. The Morgan fingerprint density at radius 1 is 1.23 bits per heavy atom. The first kappa shape index (κ1) is 19.1. The third-order valence-electron chi connectivity index (χ3n) is 5.55. The first-order chi connectivity index (χ1) is 12.6. The predicted molar refractivity (Wildman–Crippen MR) is 102 cm³/mol. The lowest BCUT2D eigenvalue weighted by molar-refractivity contribution is -0.136. The van der Waals surface area contributed by atoms with E-state index in [-0.39, 0.29) is 5.92 Å². The fourth-order valence-corrected chi connectivity index (χ4v) is 4.00. The molecule has 0 aliphatic carbocycles. The van der Waals surface area contributed by atoms with Crippen LogP contribution >= 0.6 is 0 Å². The van der Waals surface area contributed by atoms with Crippen molar-refractivity contribution in [3.05, 3.63) is 17.6 Å². The molecule has 1 aromatic heterocycles. The highest BCUT2D eigenvalue weighted by Gasteiger charge is 2.27. The van der Waals surface area contributed by atoms with Crippen LogP contribution in [0.5, 0.6) is 0 Å². The first-order valence-corrected chi connectivity index (χ1v) is 10.1. The molecule has 0 aromatic carbocycles. The Hall–Kier alpha value is -1.69. The number of piperidine rings is 1. The van der Waals surface area contributed by atoms with E-state index in [1.54, 1.807) is 0 Å². The summed E-state index contributed by atoms with van der Waals surface area (Å²) >= 11 is 0. The van der Waals surface area contributed by atoms with Gasteiger partial charge in [0.05, 0.1) is 13.2 Å². The van der Waals surface area contributed by atoms with Crippen molar-refractivity contribution < 1.29 is 9.53 Å². The Morgan fingerprint density at radius 2 is 1.92 bits per heavy atom. The van der Waals surface area contributed by atoms with Crippen LogP contribution in [-0.2, 0) is 9.53 Å². The zero-order chi connectivity index (χ0) is 18.5. The van der Waals surface area contributed by atoms with Gasteiger partial charge in [-0.1, -0.05) is 20.3 Å². The minimum Gasteiger partial charge on any atom is -0.378 e. The number of likely N-dealkylation sites (tertiary alicyclic amines) is 1. The van der Waals surface area contributed by atoms with Gasteiger partial charge in [-0.05, 0) is 26.2 Å². The second kappa shape index (κ2) is 8.80. The molecule has 0 N–H and O–H groups in total. The van der Waals surface area contributed by atoms with E-state index in [9.17, 15) is 4.79 Å². The zero-order valence-corrected chi connectivity index (χ0v) is 16.4. The van der Waals surface area contributed by atoms with E-state index >= 15 is 0 Å². The third-order valence-corrected chi connectivity index (χ3v) is 5.55. The van der Waals surface area contributed by atoms with Gasteiger partial charge in [-0.25, -0.2) is 9.97 Å². The Morgan fingerprint density at radius 3 is 2.58 bits per heavy atom. The molecule has 26 heavy (non-hydrogen) atoms. The molecule has 6 heteroatoms. The summed E-state index contributed by atoms with van der Waals surface area (Å²) in [6.07, 6.45) is 4.02. The van der Waals surface area contributed by atoms with Crippen molar-refractivity contribution in [2.45, 2.75) is 52.4 Å². The molecule has 0 radical (unpaired) electrons. The molecule has 1 amide bonds. The lowest BCUT2D eigenvalue weighted by Gasteiger charge is -2.34. The molecule has 0 spiro atoms. The normalized spacial score (nSPS) is 20.3. The van der Waals surface area contributed by atoms with E-state index in [1.807, 2.05) is 11.8 Å². The van der Waals surface area contributed by atoms with E-state index in [1.165, 1.54) is 0 Å². The minimum absolute atomic E-state index is 0.144. The van der Waals surface area contributed by atoms with Gasteiger partial charge in [0.15, 0.2) is 0 Å². The monoisotopic (exact) mass is 360 g/mol. The second-order valence-electron chi connectivity index (χ2n) is 7.59. The van der Waals surface area contributed by atoms with Crippen LogP contribution in [0.2, 0.25) is 0 Å². The topological polar surface area (TPSA) is 58.6 Å². The molecule has 3 heterocycles. The number of carbonyl (C=O) groups excluding carboxylic acids is 1. The van der Waals surface area contributed by atoms with E-state index in [0.29, 0.717) is 11.8 Å². The number of amides is 1. The molecule has 0 unspecified atom stereocenters. The molecular weight excluding hydrogens is 328 g/mol. The van der Waals surface area contributed by atoms with Gasteiger partial charge in [0.2, 0.25) is 5.91 Å². The quantitative estimate of drug-likeness (QED) is 0.808. The van der Waals surface area contributed by atoms with Gasteiger partial charge in [-0.2, -0.15) is 0 Å². The third kappa shape index (κ3) is 4.53. The van der Waals surface area contributed by atoms with Crippen molar-refractivity contribution in [1.29, 1.82) is 0 Å². The van der Waals surface area contributed by atoms with Crippen LogP contribution in [0, 0.1) is 12.8 Å². The largest absolute Gasteiger partial charge is 0.378 e. The SMILES string of the molecule is CCC[C@H](C)C(=O)N1CCC(c2cc(N3CCOCC3)nc(C)n2)CC1. The average molecular weight is 361 g/mol. The number of hydrogen-bond acceptors (Lipinski definition) is 5. The highest BCUT2D eigenvalue weighted by Crippen LogP contribution is 2.29. The van der Waals surface area contributed by atoms with E-state index in [0.717, 1.165) is 82.4 Å². The van der Waals surface area contributed by atoms with Crippen molar-refractivity contribution in [2.75, 3.05) is 44.3 Å². The van der Waals surface area contributed by atoms with Crippen molar-refractivity contribution in [3.8, 4) is 0 Å². The molecule has 3 rings (SSSR count). The molecule has 144 valence electrons. The predicted octanol–water partition coefficient (Wildman–Crippen LogP) is 2.76. The lowest BCUT2D eigenvalue weighted by Crippen LogP contribution is -2.41. The maximum absolute atomic E-state index is 12.5. The molecule has 1 aromatic rings.